The number of carbonyl (C=O) groups excluding carboxylic acids is 1. The molecule has 0 aliphatic carbocycles. The first-order valence-electron chi connectivity index (χ1n) is 8.97. The lowest BCUT2D eigenvalue weighted by atomic mass is 9.92. The first kappa shape index (κ1) is 17.2. The van der Waals surface area contributed by atoms with E-state index in [1.165, 1.54) is 18.4 Å². The summed E-state index contributed by atoms with van der Waals surface area (Å²) in [6.45, 7) is 4.45. The average Bonchev–Trinajstić information content (AvgIpc) is 2.65. The predicted molar refractivity (Wildman–Crippen MR) is 103 cm³/mol. The van der Waals surface area contributed by atoms with Crippen LogP contribution < -0.4 is 0 Å². The summed E-state index contributed by atoms with van der Waals surface area (Å²) < 4.78 is 0. The number of fused-ring (bicyclic) bond motifs is 1. The average molecular weight is 332 g/mol. The van der Waals surface area contributed by atoms with Gasteiger partial charge in [0, 0.05) is 5.56 Å². The fraction of sp³-hybridized carbons (Fsp3) is 0.261. The van der Waals surface area contributed by atoms with Crippen molar-refractivity contribution < 1.29 is 9.90 Å². The molecule has 2 heteroatoms. The zero-order valence-electron chi connectivity index (χ0n) is 14.8. The fourth-order valence-corrected chi connectivity index (χ4v) is 3.30. The number of benzene rings is 3. The van der Waals surface area contributed by atoms with Crippen LogP contribution in [-0.4, -0.2) is 10.9 Å². The molecule has 128 valence electrons. The molecule has 0 aromatic heterocycles. The third-order valence-electron chi connectivity index (χ3n) is 4.98. The molecule has 0 fully saturated rings. The minimum absolute atomic E-state index is 0.0426. The van der Waals surface area contributed by atoms with E-state index in [2.05, 4.69) is 26.0 Å². The van der Waals surface area contributed by atoms with Crippen molar-refractivity contribution in [2.75, 3.05) is 0 Å². The molecule has 0 aliphatic heterocycles. The predicted octanol–water partition coefficient (Wildman–Crippen LogP) is 5.76. The van der Waals surface area contributed by atoms with E-state index in [1.54, 1.807) is 24.3 Å². The van der Waals surface area contributed by atoms with Crippen LogP contribution in [0.25, 0.3) is 10.8 Å². The summed E-state index contributed by atoms with van der Waals surface area (Å²) in [7, 11) is 0. The Morgan fingerprint density at radius 3 is 2.32 bits per heavy atom. The molecule has 0 atom stereocenters. The van der Waals surface area contributed by atoms with Crippen molar-refractivity contribution in [2.45, 2.75) is 33.1 Å². The second kappa shape index (κ2) is 7.52. The Hall–Kier alpha value is -2.61. The van der Waals surface area contributed by atoms with Crippen molar-refractivity contribution in [1.82, 2.24) is 0 Å². The molecule has 3 rings (SSSR count). The highest BCUT2D eigenvalue weighted by Crippen LogP contribution is 2.29. The quantitative estimate of drug-likeness (QED) is 0.583. The second-order valence-corrected chi connectivity index (χ2v) is 6.63. The molecular weight excluding hydrogens is 308 g/mol. The van der Waals surface area contributed by atoms with E-state index in [0.717, 1.165) is 17.2 Å². The van der Waals surface area contributed by atoms with E-state index in [-0.39, 0.29) is 11.5 Å². The van der Waals surface area contributed by atoms with Gasteiger partial charge in [0.2, 0.25) is 0 Å². The Balaban J connectivity index is 1.96. The second-order valence-electron chi connectivity index (χ2n) is 6.63. The molecule has 25 heavy (non-hydrogen) atoms. The van der Waals surface area contributed by atoms with Crippen molar-refractivity contribution >= 4 is 16.6 Å². The van der Waals surface area contributed by atoms with Crippen LogP contribution in [0.15, 0.2) is 60.7 Å². The highest BCUT2D eigenvalue weighted by molar-refractivity contribution is 6.12. The van der Waals surface area contributed by atoms with E-state index in [9.17, 15) is 9.90 Å². The fourth-order valence-electron chi connectivity index (χ4n) is 3.30. The van der Waals surface area contributed by atoms with E-state index in [4.69, 9.17) is 0 Å². The maximum Gasteiger partial charge on any atom is 0.196 e. The van der Waals surface area contributed by atoms with Gasteiger partial charge in [0.15, 0.2) is 5.78 Å². The van der Waals surface area contributed by atoms with Gasteiger partial charge in [-0.3, -0.25) is 4.79 Å². The monoisotopic (exact) mass is 332 g/mol. The number of ketones is 1. The standard InChI is InChI=1S/C23H24O2/c1-3-16(4-2)12-17-10-11-19-14-21(22(24)15-20(19)13-17)23(25)18-8-6-5-7-9-18/h5-11,13-16,24H,3-4,12H2,1-2H3. The van der Waals surface area contributed by atoms with Crippen LogP contribution in [0.4, 0.5) is 0 Å². The Labute approximate surface area is 149 Å². The van der Waals surface area contributed by atoms with Crippen molar-refractivity contribution in [3.8, 4) is 5.75 Å². The Morgan fingerprint density at radius 2 is 1.64 bits per heavy atom. The van der Waals surface area contributed by atoms with Crippen molar-refractivity contribution in [3.05, 3.63) is 77.4 Å². The summed E-state index contributed by atoms with van der Waals surface area (Å²) in [6, 6.07) is 18.9. The number of aromatic hydroxyl groups is 1. The van der Waals surface area contributed by atoms with Gasteiger partial charge in [-0.1, -0.05) is 75.2 Å². The third kappa shape index (κ3) is 3.74. The topological polar surface area (TPSA) is 37.3 Å². The highest BCUT2D eigenvalue weighted by atomic mass is 16.3. The molecular formula is C23H24O2. The first-order chi connectivity index (χ1) is 12.1. The summed E-state index contributed by atoms with van der Waals surface area (Å²) in [5, 5.41) is 12.3. The van der Waals surface area contributed by atoms with E-state index in [0.29, 0.717) is 17.0 Å². The van der Waals surface area contributed by atoms with Gasteiger partial charge in [-0.05, 0) is 40.8 Å². The van der Waals surface area contributed by atoms with Crippen LogP contribution in [-0.2, 0) is 6.42 Å². The number of phenols is 1. The molecule has 0 aliphatic rings. The molecule has 3 aromatic rings. The largest absolute Gasteiger partial charge is 0.507 e. The summed E-state index contributed by atoms with van der Waals surface area (Å²) in [5.41, 5.74) is 2.22. The Morgan fingerprint density at radius 1 is 0.920 bits per heavy atom. The number of hydrogen-bond donors (Lipinski definition) is 1. The number of hydrogen-bond acceptors (Lipinski definition) is 2. The molecule has 0 saturated heterocycles. The molecule has 0 heterocycles. The third-order valence-corrected chi connectivity index (χ3v) is 4.98. The van der Waals surface area contributed by atoms with Crippen LogP contribution in [0.5, 0.6) is 5.75 Å². The zero-order valence-corrected chi connectivity index (χ0v) is 14.8. The van der Waals surface area contributed by atoms with Crippen LogP contribution in [0.2, 0.25) is 0 Å². The van der Waals surface area contributed by atoms with Gasteiger partial charge in [-0.2, -0.15) is 0 Å². The van der Waals surface area contributed by atoms with Crippen LogP contribution in [0.3, 0.4) is 0 Å². The zero-order chi connectivity index (χ0) is 17.8. The summed E-state index contributed by atoms with van der Waals surface area (Å²) in [6.07, 6.45) is 3.39. The molecule has 0 spiro atoms. The van der Waals surface area contributed by atoms with Gasteiger partial charge < -0.3 is 5.11 Å². The van der Waals surface area contributed by atoms with Gasteiger partial charge in [0.1, 0.15) is 5.75 Å². The van der Waals surface area contributed by atoms with E-state index < -0.39 is 0 Å². The van der Waals surface area contributed by atoms with Gasteiger partial charge in [-0.15, -0.1) is 0 Å². The number of rotatable bonds is 6. The normalized spacial score (nSPS) is 11.2. The summed E-state index contributed by atoms with van der Waals surface area (Å²) in [4.78, 5) is 12.6. The molecule has 2 nitrogen and oxygen atoms in total. The van der Waals surface area contributed by atoms with Crippen molar-refractivity contribution in [1.29, 1.82) is 0 Å². The van der Waals surface area contributed by atoms with Gasteiger partial charge in [-0.25, -0.2) is 0 Å². The lowest BCUT2D eigenvalue weighted by molar-refractivity contribution is 0.103. The molecule has 0 unspecified atom stereocenters. The molecule has 0 amide bonds. The first-order valence-corrected chi connectivity index (χ1v) is 8.97. The minimum atomic E-state index is -0.152. The van der Waals surface area contributed by atoms with Crippen LogP contribution >= 0.6 is 0 Å². The van der Waals surface area contributed by atoms with E-state index >= 15 is 0 Å². The van der Waals surface area contributed by atoms with Crippen molar-refractivity contribution in [3.63, 3.8) is 0 Å². The number of phenolic OH excluding ortho intramolecular Hbond substituents is 1. The summed E-state index contributed by atoms with van der Waals surface area (Å²) >= 11 is 0. The summed E-state index contributed by atoms with van der Waals surface area (Å²) in [5.74, 6) is 0.576. The van der Waals surface area contributed by atoms with Crippen LogP contribution in [0, 0.1) is 5.92 Å². The maximum absolute atomic E-state index is 12.6. The van der Waals surface area contributed by atoms with Crippen molar-refractivity contribution in [2.24, 2.45) is 5.92 Å². The highest BCUT2D eigenvalue weighted by Gasteiger charge is 2.15. The molecule has 0 bridgehead atoms. The Bertz CT molecular complexity index is 877. The lowest BCUT2D eigenvalue weighted by Crippen LogP contribution is -2.02. The lowest BCUT2D eigenvalue weighted by Gasteiger charge is -2.13. The Kier molecular flexibility index (Phi) is 5.18. The maximum atomic E-state index is 12.6. The van der Waals surface area contributed by atoms with Gasteiger partial charge in [0.05, 0.1) is 5.56 Å². The molecule has 1 N–H and O–H groups in total. The smallest absolute Gasteiger partial charge is 0.196 e. The van der Waals surface area contributed by atoms with E-state index in [1.807, 2.05) is 24.3 Å². The molecule has 0 radical (unpaired) electrons. The minimum Gasteiger partial charge on any atom is -0.507 e. The molecule has 0 saturated carbocycles. The SMILES string of the molecule is CCC(CC)Cc1ccc2cc(C(=O)c3ccccc3)c(O)cc2c1. The number of carbonyl (C=O) groups is 1. The van der Waals surface area contributed by atoms with Crippen LogP contribution in [0.1, 0.15) is 48.2 Å². The molecule has 3 aromatic carbocycles. The van der Waals surface area contributed by atoms with Gasteiger partial charge >= 0.3 is 0 Å². The van der Waals surface area contributed by atoms with Gasteiger partial charge in [0.25, 0.3) is 0 Å².